The monoisotopic (exact) mass is 261 g/mol. The van der Waals surface area contributed by atoms with Crippen LogP contribution in [0.1, 0.15) is 25.0 Å². The predicted molar refractivity (Wildman–Crippen MR) is 73.2 cm³/mol. The van der Waals surface area contributed by atoms with Gasteiger partial charge in [-0.05, 0) is 33.2 Å². The lowest BCUT2D eigenvalue weighted by atomic mass is 10.0. The van der Waals surface area contributed by atoms with Crippen LogP contribution >= 0.6 is 0 Å². The minimum Gasteiger partial charge on any atom is -0.352 e. The van der Waals surface area contributed by atoms with E-state index in [9.17, 15) is 0 Å². The molecule has 3 rings (SSSR count). The van der Waals surface area contributed by atoms with E-state index in [0.717, 1.165) is 30.0 Å². The molecule has 0 amide bonds. The second-order valence-electron chi connectivity index (χ2n) is 5.05. The summed E-state index contributed by atoms with van der Waals surface area (Å²) in [5, 5.41) is 8.22. The number of aromatic nitrogens is 3. The molecular weight excluding hydrogens is 242 g/mol. The summed E-state index contributed by atoms with van der Waals surface area (Å²) in [4.78, 5) is 11.0. The number of fused-ring (bicyclic) bond motifs is 1. The Hall–Kier alpha value is -1.69. The molecule has 1 fully saturated rings. The van der Waals surface area contributed by atoms with Gasteiger partial charge < -0.3 is 14.7 Å². The van der Waals surface area contributed by atoms with Crippen molar-refractivity contribution in [2.45, 2.75) is 32.2 Å². The lowest BCUT2D eigenvalue weighted by Gasteiger charge is -2.36. The van der Waals surface area contributed by atoms with Crippen LogP contribution < -0.4 is 10.2 Å². The number of nitrogens with zero attached hydrogens (tertiary/aromatic N) is 4. The summed E-state index contributed by atoms with van der Waals surface area (Å²) >= 11 is 0. The average molecular weight is 261 g/mol. The highest BCUT2D eigenvalue weighted by molar-refractivity contribution is 5.88. The molecule has 3 heterocycles. The number of rotatable bonds is 3. The summed E-state index contributed by atoms with van der Waals surface area (Å²) in [6.07, 6.45) is 5.24. The van der Waals surface area contributed by atoms with Crippen molar-refractivity contribution in [3.63, 3.8) is 0 Å². The first-order chi connectivity index (χ1) is 9.31. The van der Waals surface area contributed by atoms with Crippen LogP contribution in [0.5, 0.6) is 0 Å². The van der Waals surface area contributed by atoms with Gasteiger partial charge in [0.05, 0.1) is 5.69 Å². The van der Waals surface area contributed by atoms with Crippen LogP contribution in [0.3, 0.4) is 0 Å². The van der Waals surface area contributed by atoms with E-state index in [1.165, 1.54) is 19.3 Å². The molecule has 0 saturated carbocycles. The highest BCUT2D eigenvalue weighted by Gasteiger charge is 2.26. The first-order valence-electron chi connectivity index (χ1n) is 6.79. The molecule has 1 unspecified atom stereocenters. The highest BCUT2D eigenvalue weighted by atomic mass is 16.5. The molecule has 0 aromatic carbocycles. The SMILES string of the molecule is CNCC1CCCCN1c1ncnc2onc(C)c12. The van der Waals surface area contributed by atoms with Gasteiger partial charge in [0.2, 0.25) is 0 Å². The van der Waals surface area contributed by atoms with Gasteiger partial charge in [-0.25, -0.2) is 4.98 Å². The topological polar surface area (TPSA) is 67.1 Å². The molecule has 2 aromatic heterocycles. The van der Waals surface area contributed by atoms with Crippen molar-refractivity contribution >= 4 is 16.9 Å². The van der Waals surface area contributed by atoms with E-state index in [2.05, 4.69) is 25.3 Å². The van der Waals surface area contributed by atoms with Crippen LogP contribution in [-0.4, -0.2) is 41.3 Å². The van der Waals surface area contributed by atoms with E-state index in [1.807, 2.05) is 14.0 Å². The molecule has 1 aliphatic rings. The number of anilines is 1. The summed E-state index contributed by atoms with van der Waals surface area (Å²) in [6.45, 7) is 3.94. The van der Waals surface area contributed by atoms with Crippen LogP contribution in [0.25, 0.3) is 11.1 Å². The second kappa shape index (κ2) is 5.13. The van der Waals surface area contributed by atoms with Crippen molar-refractivity contribution in [2.24, 2.45) is 0 Å². The van der Waals surface area contributed by atoms with E-state index in [4.69, 9.17) is 4.52 Å². The maximum Gasteiger partial charge on any atom is 0.263 e. The third-order valence-corrected chi connectivity index (χ3v) is 3.76. The minimum absolute atomic E-state index is 0.478. The Balaban J connectivity index is 2.04. The van der Waals surface area contributed by atoms with E-state index in [-0.39, 0.29) is 0 Å². The van der Waals surface area contributed by atoms with Crippen molar-refractivity contribution in [3.05, 3.63) is 12.0 Å². The average Bonchev–Trinajstić information content (AvgIpc) is 2.82. The Morgan fingerprint density at radius 3 is 3.16 bits per heavy atom. The zero-order valence-corrected chi connectivity index (χ0v) is 11.4. The van der Waals surface area contributed by atoms with Crippen molar-refractivity contribution in [1.82, 2.24) is 20.4 Å². The molecule has 19 heavy (non-hydrogen) atoms. The Morgan fingerprint density at radius 2 is 2.32 bits per heavy atom. The molecule has 1 N–H and O–H groups in total. The smallest absolute Gasteiger partial charge is 0.263 e. The number of hydrogen-bond donors (Lipinski definition) is 1. The Morgan fingerprint density at radius 1 is 1.42 bits per heavy atom. The third kappa shape index (κ3) is 2.16. The number of likely N-dealkylation sites (N-methyl/N-ethyl adjacent to an activating group) is 1. The summed E-state index contributed by atoms with van der Waals surface area (Å²) in [6, 6.07) is 0.478. The molecule has 0 radical (unpaired) electrons. The van der Waals surface area contributed by atoms with Crippen molar-refractivity contribution in [1.29, 1.82) is 0 Å². The van der Waals surface area contributed by atoms with Crippen LogP contribution in [0.15, 0.2) is 10.9 Å². The van der Waals surface area contributed by atoms with Crippen LogP contribution in [0, 0.1) is 6.92 Å². The van der Waals surface area contributed by atoms with Crippen LogP contribution in [-0.2, 0) is 0 Å². The van der Waals surface area contributed by atoms with E-state index in [1.54, 1.807) is 6.33 Å². The molecule has 6 heteroatoms. The zero-order chi connectivity index (χ0) is 13.2. The summed E-state index contributed by atoms with van der Waals surface area (Å²) in [7, 11) is 1.99. The zero-order valence-electron chi connectivity index (χ0n) is 11.4. The molecule has 2 aromatic rings. The van der Waals surface area contributed by atoms with E-state index in [0.29, 0.717) is 11.8 Å². The maximum absolute atomic E-state index is 5.23. The number of hydrogen-bond acceptors (Lipinski definition) is 6. The fraction of sp³-hybridized carbons (Fsp3) is 0.615. The van der Waals surface area contributed by atoms with E-state index < -0.39 is 0 Å². The van der Waals surface area contributed by atoms with Gasteiger partial charge in [0, 0.05) is 19.1 Å². The quantitative estimate of drug-likeness (QED) is 0.903. The summed E-state index contributed by atoms with van der Waals surface area (Å²) < 4.78 is 5.23. The second-order valence-corrected chi connectivity index (χ2v) is 5.05. The molecule has 0 spiro atoms. The van der Waals surface area contributed by atoms with Gasteiger partial charge in [-0.2, -0.15) is 4.98 Å². The normalized spacial score (nSPS) is 20.1. The van der Waals surface area contributed by atoms with Gasteiger partial charge in [-0.3, -0.25) is 0 Å². The van der Waals surface area contributed by atoms with Crippen molar-refractivity contribution < 1.29 is 4.52 Å². The van der Waals surface area contributed by atoms with Crippen LogP contribution in [0.2, 0.25) is 0 Å². The van der Waals surface area contributed by atoms with Gasteiger partial charge in [0.25, 0.3) is 5.71 Å². The third-order valence-electron chi connectivity index (χ3n) is 3.76. The molecule has 1 aliphatic heterocycles. The Bertz CT molecular complexity index is 565. The molecule has 0 aliphatic carbocycles. The van der Waals surface area contributed by atoms with Gasteiger partial charge in [0.15, 0.2) is 0 Å². The molecule has 1 atom stereocenters. The van der Waals surface area contributed by atoms with Crippen molar-refractivity contribution in [2.75, 3.05) is 25.0 Å². The molecule has 102 valence electrons. The van der Waals surface area contributed by atoms with Gasteiger partial charge in [0.1, 0.15) is 17.5 Å². The van der Waals surface area contributed by atoms with E-state index >= 15 is 0 Å². The largest absolute Gasteiger partial charge is 0.352 e. The number of aryl methyl sites for hydroxylation is 1. The van der Waals surface area contributed by atoms with Gasteiger partial charge >= 0.3 is 0 Å². The minimum atomic E-state index is 0.478. The molecule has 1 saturated heterocycles. The standard InChI is InChI=1S/C13H19N5O/c1-9-11-12(15-8-16-13(11)19-17-9)18-6-4-3-5-10(18)7-14-2/h8,10,14H,3-7H2,1-2H3. The van der Waals surface area contributed by atoms with Crippen molar-refractivity contribution in [3.8, 4) is 0 Å². The predicted octanol–water partition coefficient (Wildman–Crippen LogP) is 1.50. The fourth-order valence-electron chi connectivity index (χ4n) is 2.85. The van der Waals surface area contributed by atoms with Gasteiger partial charge in [-0.1, -0.05) is 5.16 Å². The Kier molecular flexibility index (Phi) is 3.33. The summed E-state index contributed by atoms with van der Waals surface area (Å²) in [5.74, 6) is 0.962. The fourth-order valence-corrected chi connectivity index (χ4v) is 2.85. The van der Waals surface area contributed by atoms with Gasteiger partial charge in [-0.15, -0.1) is 0 Å². The summed E-state index contributed by atoms with van der Waals surface area (Å²) in [5.41, 5.74) is 1.44. The molecule has 0 bridgehead atoms. The maximum atomic E-state index is 5.23. The molecule has 6 nitrogen and oxygen atoms in total. The highest BCUT2D eigenvalue weighted by Crippen LogP contribution is 2.30. The van der Waals surface area contributed by atoms with Crippen LogP contribution in [0.4, 0.5) is 5.82 Å². The lowest BCUT2D eigenvalue weighted by molar-refractivity contribution is 0.440. The lowest BCUT2D eigenvalue weighted by Crippen LogP contribution is -2.45. The number of piperidine rings is 1. The number of nitrogens with one attached hydrogen (secondary N) is 1. The first-order valence-corrected chi connectivity index (χ1v) is 6.79. The first kappa shape index (κ1) is 12.3. The Labute approximate surface area is 112 Å². The molecular formula is C13H19N5O.